The fourth-order valence-corrected chi connectivity index (χ4v) is 3.04. The van der Waals surface area contributed by atoms with Crippen molar-refractivity contribution in [2.75, 3.05) is 0 Å². The van der Waals surface area contributed by atoms with Crippen LogP contribution in [0.25, 0.3) is 11.0 Å². The van der Waals surface area contributed by atoms with Crippen molar-refractivity contribution in [2.45, 2.75) is 33.2 Å². The van der Waals surface area contributed by atoms with Gasteiger partial charge >= 0.3 is 5.69 Å². The van der Waals surface area contributed by atoms with Gasteiger partial charge in [-0.15, -0.1) is 0 Å². The number of aromatic nitrogens is 5. The van der Waals surface area contributed by atoms with E-state index in [1.807, 2.05) is 27.8 Å². The van der Waals surface area contributed by atoms with Crippen LogP contribution in [0.1, 0.15) is 47.2 Å². The highest BCUT2D eigenvalue weighted by Gasteiger charge is 2.21. The summed E-state index contributed by atoms with van der Waals surface area (Å²) in [7, 11) is 3.34. The van der Waals surface area contributed by atoms with E-state index in [4.69, 9.17) is 0 Å². The van der Waals surface area contributed by atoms with E-state index in [0.717, 1.165) is 11.3 Å². The summed E-state index contributed by atoms with van der Waals surface area (Å²) >= 11 is 0. The molecule has 27 heavy (non-hydrogen) atoms. The Hall–Kier alpha value is -3.23. The molecular formula is C18H22N6O3. The zero-order valence-electron chi connectivity index (χ0n) is 16.0. The van der Waals surface area contributed by atoms with Crippen molar-refractivity contribution in [1.82, 2.24) is 29.6 Å². The molecule has 3 aromatic heterocycles. The number of carbonyl (C=O) groups excluding carboxylic acids is 1. The van der Waals surface area contributed by atoms with E-state index in [0.29, 0.717) is 12.1 Å². The molecule has 3 rings (SSSR count). The predicted octanol–water partition coefficient (Wildman–Crippen LogP) is 0.717. The molecule has 0 fully saturated rings. The number of amides is 1. The molecular weight excluding hydrogens is 348 g/mol. The Morgan fingerprint density at radius 1 is 1.33 bits per heavy atom. The Morgan fingerprint density at radius 3 is 2.63 bits per heavy atom. The number of hydrogen-bond donors (Lipinski definition) is 2. The number of aromatic amines is 1. The average molecular weight is 370 g/mol. The number of fused-ring (bicyclic) bond motifs is 1. The lowest BCUT2D eigenvalue weighted by atomic mass is 10.1. The van der Waals surface area contributed by atoms with Gasteiger partial charge in [-0.05, 0) is 26.3 Å². The van der Waals surface area contributed by atoms with E-state index in [1.165, 1.54) is 11.6 Å². The lowest BCUT2D eigenvalue weighted by Crippen LogP contribution is -2.33. The minimum Gasteiger partial charge on any atom is -0.345 e. The molecule has 9 heteroatoms. The van der Waals surface area contributed by atoms with Crippen molar-refractivity contribution in [3.63, 3.8) is 0 Å². The second-order valence-corrected chi connectivity index (χ2v) is 6.54. The Morgan fingerprint density at radius 2 is 2.04 bits per heavy atom. The summed E-state index contributed by atoms with van der Waals surface area (Å²) in [4.78, 5) is 43.8. The van der Waals surface area contributed by atoms with Crippen molar-refractivity contribution in [3.05, 3.63) is 55.6 Å². The standard InChI is InChI=1S/C18H22N6O3/c1-6-11-7-12(14-15(21-11)23(4)18(27)22-17(14)26)16(25)20-9(2)13-8-19-24(5)10(13)3/h7-9H,6H2,1-5H3,(H,20,25)(H,22,26,27). The van der Waals surface area contributed by atoms with Gasteiger partial charge in [-0.3, -0.25) is 23.8 Å². The third-order valence-electron chi connectivity index (χ3n) is 4.82. The van der Waals surface area contributed by atoms with E-state index < -0.39 is 17.2 Å². The minimum absolute atomic E-state index is 0.0990. The van der Waals surface area contributed by atoms with Crippen LogP contribution in [-0.2, 0) is 20.5 Å². The maximum Gasteiger partial charge on any atom is 0.329 e. The van der Waals surface area contributed by atoms with Gasteiger partial charge in [0.25, 0.3) is 11.5 Å². The first kappa shape index (κ1) is 18.6. The van der Waals surface area contributed by atoms with Gasteiger partial charge in [-0.25, -0.2) is 9.78 Å². The molecule has 0 aliphatic carbocycles. The number of carbonyl (C=O) groups is 1. The monoisotopic (exact) mass is 370 g/mol. The van der Waals surface area contributed by atoms with Crippen molar-refractivity contribution in [2.24, 2.45) is 14.1 Å². The number of nitrogens with one attached hydrogen (secondary N) is 2. The Bertz CT molecular complexity index is 1150. The van der Waals surface area contributed by atoms with E-state index >= 15 is 0 Å². The molecule has 3 aromatic rings. The number of aryl methyl sites for hydroxylation is 3. The molecule has 1 atom stereocenters. The molecule has 0 radical (unpaired) electrons. The van der Waals surface area contributed by atoms with Crippen LogP contribution in [0, 0.1) is 6.92 Å². The minimum atomic E-state index is -0.626. The molecule has 0 bridgehead atoms. The van der Waals surface area contributed by atoms with Crippen LogP contribution in [0.3, 0.4) is 0 Å². The molecule has 1 amide bonds. The molecule has 1 unspecified atom stereocenters. The molecule has 0 saturated heterocycles. The van der Waals surface area contributed by atoms with Crippen LogP contribution >= 0.6 is 0 Å². The van der Waals surface area contributed by atoms with Gasteiger partial charge < -0.3 is 5.32 Å². The highest BCUT2D eigenvalue weighted by Crippen LogP contribution is 2.19. The second-order valence-electron chi connectivity index (χ2n) is 6.54. The zero-order chi connectivity index (χ0) is 19.9. The molecule has 0 aromatic carbocycles. The summed E-state index contributed by atoms with van der Waals surface area (Å²) in [5.74, 6) is -0.406. The molecule has 142 valence electrons. The van der Waals surface area contributed by atoms with Gasteiger partial charge in [0.2, 0.25) is 0 Å². The van der Waals surface area contributed by atoms with Gasteiger partial charge in [-0.1, -0.05) is 6.92 Å². The fourth-order valence-electron chi connectivity index (χ4n) is 3.04. The molecule has 0 aliphatic rings. The second kappa shape index (κ2) is 6.82. The number of pyridine rings is 1. The number of hydrogen-bond acceptors (Lipinski definition) is 5. The molecule has 0 saturated carbocycles. The third kappa shape index (κ3) is 3.16. The highest BCUT2D eigenvalue weighted by molar-refractivity contribution is 6.05. The number of nitrogens with zero attached hydrogens (tertiary/aromatic N) is 4. The summed E-state index contributed by atoms with van der Waals surface area (Å²) in [6.45, 7) is 5.66. The molecule has 0 spiro atoms. The summed E-state index contributed by atoms with van der Waals surface area (Å²) in [5, 5.41) is 7.20. The van der Waals surface area contributed by atoms with E-state index in [1.54, 1.807) is 16.9 Å². The van der Waals surface area contributed by atoms with Crippen LogP contribution in [-0.4, -0.2) is 30.2 Å². The first-order chi connectivity index (χ1) is 12.7. The van der Waals surface area contributed by atoms with Crippen molar-refractivity contribution in [3.8, 4) is 0 Å². The average Bonchev–Trinajstić information content (AvgIpc) is 2.97. The fraction of sp³-hybridized carbons (Fsp3) is 0.389. The van der Waals surface area contributed by atoms with E-state index in [9.17, 15) is 14.4 Å². The molecule has 2 N–H and O–H groups in total. The zero-order valence-corrected chi connectivity index (χ0v) is 16.0. The van der Waals surface area contributed by atoms with Crippen molar-refractivity contribution < 1.29 is 4.79 Å². The van der Waals surface area contributed by atoms with Gasteiger partial charge in [0.05, 0.1) is 23.2 Å². The summed E-state index contributed by atoms with van der Waals surface area (Å²) in [6, 6.07) is 1.30. The van der Waals surface area contributed by atoms with Crippen LogP contribution < -0.4 is 16.6 Å². The van der Waals surface area contributed by atoms with Crippen LogP contribution in [0.15, 0.2) is 21.9 Å². The summed E-state index contributed by atoms with van der Waals surface area (Å²) < 4.78 is 2.97. The first-order valence-corrected chi connectivity index (χ1v) is 8.66. The highest BCUT2D eigenvalue weighted by atomic mass is 16.2. The largest absolute Gasteiger partial charge is 0.345 e. The molecule has 3 heterocycles. The first-order valence-electron chi connectivity index (χ1n) is 8.66. The molecule has 9 nitrogen and oxygen atoms in total. The Balaban J connectivity index is 2.11. The van der Waals surface area contributed by atoms with E-state index in [2.05, 4.69) is 20.4 Å². The summed E-state index contributed by atoms with van der Waals surface area (Å²) in [5.41, 5.74) is 1.65. The maximum absolute atomic E-state index is 13.0. The van der Waals surface area contributed by atoms with Gasteiger partial charge in [-0.2, -0.15) is 5.10 Å². The molecule has 0 aliphatic heterocycles. The van der Waals surface area contributed by atoms with Gasteiger partial charge in [0, 0.05) is 31.0 Å². The van der Waals surface area contributed by atoms with Crippen LogP contribution in [0.5, 0.6) is 0 Å². The summed E-state index contributed by atoms with van der Waals surface area (Å²) in [6.07, 6.45) is 2.27. The lowest BCUT2D eigenvalue weighted by molar-refractivity contribution is 0.0941. The van der Waals surface area contributed by atoms with Crippen LogP contribution in [0.2, 0.25) is 0 Å². The Labute approximate surface area is 155 Å². The SMILES string of the molecule is CCc1cc(C(=O)NC(C)c2cnn(C)c2C)c2c(=O)[nH]c(=O)n(C)c2n1. The normalized spacial score (nSPS) is 12.3. The quantitative estimate of drug-likeness (QED) is 0.702. The Kier molecular flexibility index (Phi) is 4.69. The smallest absolute Gasteiger partial charge is 0.329 e. The van der Waals surface area contributed by atoms with E-state index in [-0.39, 0.29) is 22.6 Å². The van der Waals surface area contributed by atoms with Gasteiger partial charge in [0.15, 0.2) is 0 Å². The third-order valence-corrected chi connectivity index (χ3v) is 4.82. The number of H-pyrrole nitrogens is 1. The predicted molar refractivity (Wildman–Crippen MR) is 101 cm³/mol. The number of rotatable bonds is 4. The van der Waals surface area contributed by atoms with Gasteiger partial charge in [0.1, 0.15) is 5.65 Å². The maximum atomic E-state index is 13.0. The van der Waals surface area contributed by atoms with Crippen molar-refractivity contribution >= 4 is 16.9 Å². The van der Waals surface area contributed by atoms with Crippen molar-refractivity contribution in [1.29, 1.82) is 0 Å². The lowest BCUT2D eigenvalue weighted by Gasteiger charge is -2.15. The van der Waals surface area contributed by atoms with Crippen LogP contribution in [0.4, 0.5) is 0 Å². The topological polar surface area (TPSA) is 115 Å².